The Morgan fingerprint density at radius 3 is 2.26 bits per heavy atom. The number of carbonyl (C=O) groups excluding carboxylic acids is 1. The fraction of sp³-hybridized carbons (Fsp3) is 0.240. The molecule has 9 heteroatoms. The van der Waals surface area contributed by atoms with Gasteiger partial charge in [0, 0.05) is 33.3 Å². The van der Waals surface area contributed by atoms with Crippen LogP contribution in [0.2, 0.25) is 5.02 Å². The van der Waals surface area contributed by atoms with Crippen molar-refractivity contribution in [2.24, 2.45) is 5.92 Å². The van der Waals surface area contributed by atoms with E-state index in [1.807, 2.05) is 18.2 Å². The normalized spacial score (nSPS) is 15.1. The second-order valence-corrected chi connectivity index (χ2v) is 11.3. The van der Waals surface area contributed by atoms with Crippen molar-refractivity contribution in [3.63, 3.8) is 0 Å². The van der Waals surface area contributed by atoms with E-state index in [4.69, 9.17) is 11.6 Å². The zero-order valence-corrected chi connectivity index (χ0v) is 21.5. The van der Waals surface area contributed by atoms with E-state index in [1.165, 1.54) is 17.7 Å². The number of piperidine rings is 1. The largest absolute Gasteiger partial charge is 0.326 e. The van der Waals surface area contributed by atoms with Crippen molar-refractivity contribution >= 4 is 54.8 Å². The minimum absolute atomic E-state index is 0.0361. The van der Waals surface area contributed by atoms with Gasteiger partial charge >= 0.3 is 0 Å². The number of anilines is 2. The van der Waals surface area contributed by atoms with E-state index >= 15 is 0 Å². The first kappa shape index (κ1) is 24.7. The number of sulfonamides is 1. The number of benzene rings is 3. The molecule has 3 aromatic rings. The summed E-state index contributed by atoms with van der Waals surface area (Å²) < 4.78 is 28.7. The molecule has 0 aliphatic carbocycles. The third-order valence-electron chi connectivity index (χ3n) is 5.78. The van der Waals surface area contributed by atoms with Gasteiger partial charge in [0.05, 0.1) is 4.90 Å². The second-order valence-electron chi connectivity index (χ2n) is 8.31. The summed E-state index contributed by atoms with van der Waals surface area (Å²) in [6, 6.07) is 20.9. The molecule has 4 rings (SSSR count). The third kappa shape index (κ3) is 6.60. The van der Waals surface area contributed by atoms with Crippen molar-refractivity contribution in [1.82, 2.24) is 4.90 Å². The topological polar surface area (TPSA) is 78.5 Å². The summed E-state index contributed by atoms with van der Waals surface area (Å²) in [4.78, 5) is 15.2. The van der Waals surface area contributed by atoms with Crippen molar-refractivity contribution in [1.29, 1.82) is 0 Å². The van der Waals surface area contributed by atoms with Crippen LogP contribution in [-0.4, -0.2) is 32.3 Å². The number of halogens is 2. The van der Waals surface area contributed by atoms with E-state index in [2.05, 4.69) is 36.9 Å². The van der Waals surface area contributed by atoms with Gasteiger partial charge in [-0.3, -0.25) is 14.4 Å². The van der Waals surface area contributed by atoms with Gasteiger partial charge in [-0.25, -0.2) is 8.42 Å². The SMILES string of the molecule is O=C(Nc1ccc(S(=O)(=O)Nc2ccc(Br)cc2)cc1)C1CCN(Cc2cccc(Cl)c2)CC1. The Hall–Kier alpha value is -2.39. The quantitative estimate of drug-likeness (QED) is 0.384. The van der Waals surface area contributed by atoms with E-state index in [9.17, 15) is 13.2 Å². The lowest BCUT2D eigenvalue weighted by Gasteiger charge is -2.31. The third-order valence-corrected chi connectivity index (χ3v) is 7.94. The van der Waals surface area contributed by atoms with Crippen molar-refractivity contribution < 1.29 is 13.2 Å². The number of nitrogens with zero attached hydrogens (tertiary/aromatic N) is 1. The first-order valence-corrected chi connectivity index (χ1v) is 13.6. The zero-order chi connectivity index (χ0) is 24.1. The van der Waals surface area contributed by atoms with Crippen LogP contribution >= 0.6 is 27.5 Å². The lowest BCUT2D eigenvalue weighted by atomic mass is 9.95. The molecule has 0 spiro atoms. The molecule has 1 aliphatic rings. The Morgan fingerprint density at radius 1 is 0.971 bits per heavy atom. The fourth-order valence-corrected chi connectivity index (χ4v) is 5.48. The Morgan fingerprint density at radius 2 is 1.62 bits per heavy atom. The van der Waals surface area contributed by atoms with Crippen molar-refractivity contribution in [3.05, 3.63) is 87.9 Å². The zero-order valence-electron chi connectivity index (χ0n) is 18.4. The summed E-state index contributed by atoms with van der Waals surface area (Å²) in [5.74, 6) is -0.107. The van der Waals surface area contributed by atoms with Gasteiger partial charge in [-0.05, 0) is 92.2 Å². The first-order chi connectivity index (χ1) is 16.3. The molecule has 178 valence electrons. The van der Waals surface area contributed by atoms with Crippen LogP contribution < -0.4 is 10.0 Å². The van der Waals surface area contributed by atoms with Crippen LogP contribution in [0, 0.1) is 5.92 Å². The maximum absolute atomic E-state index is 12.7. The number of hydrogen-bond donors (Lipinski definition) is 2. The molecule has 0 radical (unpaired) electrons. The first-order valence-electron chi connectivity index (χ1n) is 10.9. The average Bonchev–Trinajstić information content (AvgIpc) is 2.81. The summed E-state index contributed by atoms with van der Waals surface area (Å²) in [7, 11) is -3.72. The van der Waals surface area contributed by atoms with Crippen LogP contribution in [0.3, 0.4) is 0 Å². The van der Waals surface area contributed by atoms with Crippen LogP contribution in [0.25, 0.3) is 0 Å². The Labute approximate surface area is 213 Å². The molecule has 1 amide bonds. The van der Waals surface area contributed by atoms with E-state index < -0.39 is 10.0 Å². The molecular weight excluding hydrogens is 538 g/mol. The highest BCUT2D eigenvalue weighted by molar-refractivity contribution is 9.10. The van der Waals surface area contributed by atoms with Gasteiger partial charge in [0.25, 0.3) is 10.0 Å². The van der Waals surface area contributed by atoms with Gasteiger partial charge in [-0.1, -0.05) is 39.7 Å². The molecule has 0 saturated carbocycles. The molecule has 1 saturated heterocycles. The number of likely N-dealkylation sites (tertiary alicyclic amines) is 1. The maximum atomic E-state index is 12.7. The minimum Gasteiger partial charge on any atom is -0.326 e. The van der Waals surface area contributed by atoms with Gasteiger partial charge in [0.15, 0.2) is 0 Å². The second kappa shape index (κ2) is 10.9. The highest BCUT2D eigenvalue weighted by Crippen LogP contribution is 2.23. The van der Waals surface area contributed by atoms with Crippen LogP contribution in [0.15, 0.2) is 82.2 Å². The molecule has 2 N–H and O–H groups in total. The summed E-state index contributed by atoms with van der Waals surface area (Å²) in [5, 5.41) is 3.65. The monoisotopic (exact) mass is 561 g/mol. The van der Waals surface area contributed by atoms with Crippen molar-refractivity contribution in [2.45, 2.75) is 24.3 Å². The van der Waals surface area contributed by atoms with E-state index in [0.717, 1.165) is 42.0 Å². The van der Waals surface area contributed by atoms with Gasteiger partial charge in [0.2, 0.25) is 5.91 Å². The molecule has 1 fully saturated rings. The Balaban J connectivity index is 1.29. The van der Waals surface area contributed by atoms with E-state index in [-0.39, 0.29) is 16.7 Å². The molecular formula is C25H25BrClN3O3S. The smallest absolute Gasteiger partial charge is 0.261 e. The lowest BCUT2D eigenvalue weighted by Crippen LogP contribution is -2.37. The van der Waals surface area contributed by atoms with Gasteiger partial charge in [-0.15, -0.1) is 0 Å². The van der Waals surface area contributed by atoms with Crippen LogP contribution in [0.5, 0.6) is 0 Å². The molecule has 3 aromatic carbocycles. The standard InChI is InChI=1S/C25H25BrClN3O3S/c26-20-4-6-23(7-5-20)29-34(32,33)24-10-8-22(9-11-24)28-25(31)19-12-14-30(15-13-19)17-18-2-1-3-21(27)16-18/h1-11,16,19,29H,12-15,17H2,(H,28,31). The Kier molecular flexibility index (Phi) is 7.93. The maximum Gasteiger partial charge on any atom is 0.261 e. The van der Waals surface area contributed by atoms with Crippen LogP contribution in [0.4, 0.5) is 11.4 Å². The van der Waals surface area contributed by atoms with Gasteiger partial charge in [-0.2, -0.15) is 0 Å². The Bertz CT molecular complexity index is 1240. The van der Waals surface area contributed by atoms with Crippen LogP contribution in [-0.2, 0) is 21.4 Å². The van der Waals surface area contributed by atoms with Crippen molar-refractivity contribution in [2.75, 3.05) is 23.1 Å². The minimum atomic E-state index is -3.72. The van der Waals surface area contributed by atoms with Crippen molar-refractivity contribution in [3.8, 4) is 0 Å². The summed E-state index contributed by atoms with van der Waals surface area (Å²) >= 11 is 9.40. The molecule has 6 nitrogen and oxygen atoms in total. The lowest BCUT2D eigenvalue weighted by molar-refractivity contribution is -0.121. The van der Waals surface area contributed by atoms with E-state index in [1.54, 1.807) is 36.4 Å². The highest BCUT2D eigenvalue weighted by atomic mass is 79.9. The number of nitrogens with one attached hydrogen (secondary N) is 2. The highest BCUT2D eigenvalue weighted by Gasteiger charge is 2.25. The number of rotatable bonds is 7. The molecule has 1 heterocycles. The number of carbonyl (C=O) groups is 1. The number of hydrogen-bond acceptors (Lipinski definition) is 4. The van der Waals surface area contributed by atoms with Gasteiger partial charge < -0.3 is 5.32 Å². The predicted molar refractivity (Wildman–Crippen MR) is 139 cm³/mol. The predicted octanol–water partition coefficient (Wildman–Crippen LogP) is 5.75. The summed E-state index contributed by atoms with van der Waals surface area (Å²) in [6.45, 7) is 2.49. The summed E-state index contributed by atoms with van der Waals surface area (Å²) in [6.07, 6.45) is 1.55. The molecule has 1 aliphatic heterocycles. The molecule has 0 unspecified atom stereocenters. The fourth-order valence-electron chi connectivity index (χ4n) is 3.94. The summed E-state index contributed by atoms with van der Waals surface area (Å²) in [5.41, 5.74) is 2.22. The average molecular weight is 563 g/mol. The molecule has 34 heavy (non-hydrogen) atoms. The van der Waals surface area contributed by atoms with Crippen LogP contribution in [0.1, 0.15) is 18.4 Å². The molecule has 0 bridgehead atoms. The number of amides is 1. The molecule has 0 aromatic heterocycles. The van der Waals surface area contributed by atoms with E-state index in [0.29, 0.717) is 11.4 Å². The van der Waals surface area contributed by atoms with Gasteiger partial charge in [0.1, 0.15) is 0 Å². The molecule has 0 atom stereocenters.